The molecule has 0 saturated carbocycles. The molecular formula is C4H11Cl2PS. The van der Waals surface area contributed by atoms with Crippen molar-refractivity contribution in [3.8, 4) is 0 Å². The molecule has 1 atom stereocenters. The Kier molecular flexibility index (Phi) is 4.94. The van der Waals surface area contributed by atoms with Gasteiger partial charge in [-0.05, 0) is 27.8 Å². The van der Waals surface area contributed by atoms with E-state index in [-0.39, 0.29) is 0 Å². The fourth-order valence-electron chi connectivity index (χ4n) is 0.337. The third kappa shape index (κ3) is 7.36. The first-order valence-corrected chi connectivity index (χ1v) is 7.47. The van der Waals surface area contributed by atoms with E-state index < -0.39 is 8.08 Å². The normalized spacial score (nSPS) is 14.0. The smallest absolute Gasteiger partial charge is 0.00613 e. The van der Waals surface area contributed by atoms with Crippen LogP contribution in [0.25, 0.3) is 0 Å². The number of hydrogen-bond donors (Lipinski definition) is 0. The van der Waals surface area contributed by atoms with Crippen LogP contribution < -0.4 is 0 Å². The largest absolute Gasteiger partial charge is 0.0704 e. The van der Waals surface area contributed by atoms with Gasteiger partial charge in [0.2, 0.25) is 0 Å². The molecule has 8 heavy (non-hydrogen) atoms. The Hall–Kier alpha value is 1.36. The fourth-order valence-corrected chi connectivity index (χ4v) is 2.16. The number of halogens is 2. The Balaban J connectivity index is 3.11. The summed E-state index contributed by atoms with van der Waals surface area (Å²) in [6.45, 7) is 2.13. The molecule has 0 aliphatic carbocycles. The van der Waals surface area contributed by atoms with E-state index in [1.54, 1.807) is 0 Å². The molecule has 0 aliphatic rings. The van der Waals surface area contributed by atoms with E-state index in [0.29, 0.717) is 0 Å². The summed E-state index contributed by atoms with van der Waals surface area (Å²) < 4.78 is 0. The van der Waals surface area contributed by atoms with Gasteiger partial charge in [-0.1, -0.05) is 29.9 Å². The predicted molar refractivity (Wildman–Crippen MR) is 48.8 cm³/mol. The SMILES string of the molecule is CCCCS(P)(Cl)Cl. The van der Waals surface area contributed by atoms with Crippen molar-refractivity contribution in [2.45, 2.75) is 19.8 Å². The van der Waals surface area contributed by atoms with Crippen molar-refractivity contribution >= 4 is 37.9 Å². The third-order valence-corrected chi connectivity index (χ3v) is 3.24. The van der Waals surface area contributed by atoms with Crippen molar-refractivity contribution in [1.82, 2.24) is 0 Å². The molecule has 1 unspecified atom stereocenters. The minimum Gasteiger partial charge on any atom is -0.0704 e. The lowest BCUT2D eigenvalue weighted by Gasteiger charge is -2.16. The first kappa shape index (κ1) is 9.36. The second kappa shape index (κ2) is 4.22. The molecule has 0 amide bonds. The highest BCUT2D eigenvalue weighted by atomic mass is 36.0. The van der Waals surface area contributed by atoms with Gasteiger partial charge >= 0.3 is 0 Å². The zero-order chi connectivity index (χ0) is 6.62. The quantitative estimate of drug-likeness (QED) is 0.599. The highest BCUT2D eigenvalue weighted by Crippen LogP contribution is 2.65. The van der Waals surface area contributed by atoms with Crippen LogP contribution in [-0.4, -0.2) is 5.75 Å². The molecule has 4 heteroatoms. The molecule has 0 aromatic rings. The summed E-state index contributed by atoms with van der Waals surface area (Å²) >= 11 is 0. The van der Waals surface area contributed by atoms with Crippen LogP contribution in [0.4, 0.5) is 0 Å². The van der Waals surface area contributed by atoms with E-state index in [4.69, 9.17) is 21.4 Å². The zero-order valence-corrected chi connectivity index (χ0v) is 8.35. The molecule has 0 radical (unpaired) electrons. The van der Waals surface area contributed by atoms with E-state index in [1.165, 1.54) is 6.42 Å². The molecule has 0 spiro atoms. The summed E-state index contributed by atoms with van der Waals surface area (Å²) in [6, 6.07) is 0. The summed E-state index contributed by atoms with van der Waals surface area (Å²) in [7, 11) is 12.6. The van der Waals surface area contributed by atoms with Crippen LogP contribution in [0.15, 0.2) is 0 Å². The second-order valence-electron chi connectivity index (χ2n) is 1.68. The highest BCUT2D eigenvalue weighted by molar-refractivity contribution is 8.91. The van der Waals surface area contributed by atoms with Gasteiger partial charge in [-0.3, -0.25) is 0 Å². The van der Waals surface area contributed by atoms with E-state index in [2.05, 4.69) is 15.4 Å². The van der Waals surface area contributed by atoms with Gasteiger partial charge in [0.15, 0.2) is 0 Å². The van der Waals surface area contributed by atoms with Gasteiger partial charge in [0.25, 0.3) is 0 Å². The van der Waals surface area contributed by atoms with E-state index in [1.807, 2.05) is 0 Å². The van der Waals surface area contributed by atoms with Crippen molar-refractivity contribution in [3.05, 3.63) is 0 Å². The second-order valence-corrected chi connectivity index (χ2v) is 11.3. The van der Waals surface area contributed by atoms with Crippen LogP contribution in [0.5, 0.6) is 0 Å². The molecule has 0 heterocycles. The predicted octanol–water partition coefficient (Wildman–Crippen LogP) is 3.69. The number of rotatable bonds is 3. The molecule has 0 N–H and O–H groups in total. The zero-order valence-electron chi connectivity index (χ0n) is 4.86. The van der Waals surface area contributed by atoms with Gasteiger partial charge in [0.1, 0.15) is 0 Å². The minimum absolute atomic E-state index is 0.942. The van der Waals surface area contributed by atoms with Crippen molar-refractivity contribution in [2.24, 2.45) is 0 Å². The van der Waals surface area contributed by atoms with Crippen LogP contribution in [0, 0.1) is 0 Å². The maximum absolute atomic E-state index is 5.72. The van der Waals surface area contributed by atoms with Gasteiger partial charge in [0, 0.05) is 5.75 Å². The summed E-state index contributed by atoms with van der Waals surface area (Å²) in [5.41, 5.74) is 0. The van der Waals surface area contributed by atoms with Gasteiger partial charge in [-0.25, -0.2) is 0 Å². The van der Waals surface area contributed by atoms with Gasteiger partial charge < -0.3 is 0 Å². The molecule has 0 saturated heterocycles. The maximum atomic E-state index is 5.72. The van der Waals surface area contributed by atoms with E-state index in [9.17, 15) is 0 Å². The Bertz CT molecular complexity index is 61.5. The van der Waals surface area contributed by atoms with Crippen molar-refractivity contribution in [1.29, 1.82) is 0 Å². The lowest BCUT2D eigenvalue weighted by Crippen LogP contribution is -1.80. The number of unbranched alkanes of at least 4 members (excludes halogenated alkanes) is 1. The Morgan fingerprint density at radius 3 is 2.12 bits per heavy atom. The number of hydrogen-bond acceptors (Lipinski definition) is 0. The summed E-state index contributed by atoms with van der Waals surface area (Å²) in [6.07, 6.45) is 2.30. The van der Waals surface area contributed by atoms with Crippen LogP contribution in [0.1, 0.15) is 19.8 Å². The Morgan fingerprint density at radius 2 is 2.00 bits per heavy atom. The van der Waals surface area contributed by atoms with Gasteiger partial charge in [-0.15, -0.1) is 0 Å². The van der Waals surface area contributed by atoms with Crippen LogP contribution in [-0.2, 0) is 0 Å². The summed E-state index contributed by atoms with van der Waals surface area (Å²) in [5, 5.41) is 0. The summed E-state index contributed by atoms with van der Waals surface area (Å²) in [4.78, 5) is 0. The van der Waals surface area contributed by atoms with Crippen LogP contribution in [0.3, 0.4) is 0 Å². The van der Waals surface area contributed by atoms with E-state index >= 15 is 0 Å². The van der Waals surface area contributed by atoms with Crippen LogP contribution >= 0.6 is 37.9 Å². The average Bonchev–Trinajstić information content (AvgIpc) is 1.59. The Labute approximate surface area is 63.6 Å². The Morgan fingerprint density at radius 1 is 1.50 bits per heavy atom. The average molecular weight is 193 g/mol. The lowest BCUT2D eigenvalue weighted by atomic mass is 10.4. The van der Waals surface area contributed by atoms with Crippen molar-refractivity contribution in [3.63, 3.8) is 0 Å². The molecule has 0 fully saturated rings. The molecule has 0 aliphatic heterocycles. The van der Waals surface area contributed by atoms with Crippen LogP contribution in [0.2, 0.25) is 0 Å². The van der Waals surface area contributed by atoms with Crippen molar-refractivity contribution in [2.75, 3.05) is 5.75 Å². The third-order valence-electron chi connectivity index (χ3n) is 0.770. The van der Waals surface area contributed by atoms with Gasteiger partial charge in [0.05, 0.1) is 0 Å². The summed E-state index contributed by atoms with van der Waals surface area (Å²) in [5.74, 6) is 0.942. The minimum atomic E-state index is -1.33. The first-order valence-electron chi connectivity index (χ1n) is 2.54. The standard InChI is InChI=1S/C4H11Cl2PS/c1-2-3-4-8(5,6)7/h2-4,7H2,1H3. The maximum Gasteiger partial charge on any atom is 0.00613 e. The molecule has 0 aromatic heterocycles. The monoisotopic (exact) mass is 192 g/mol. The molecule has 52 valence electrons. The first-order chi connectivity index (χ1) is 3.56. The molecular weight excluding hydrogens is 182 g/mol. The molecule has 0 rings (SSSR count). The van der Waals surface area contributed by atoms with Crippen molar-refractivity contribution < 1.29 is 0 Å². The highest BCUT2D eigenvalue weighted by Gasteiger charge is 2.07. The molecule has 0 bridgehead atoms. The van der Waals surface area contributed by atoms with Gasteiger partial charge in [-0.2, -0.15) is 0 Å². The lowest BCUT2D eigenvalue weighted by molar-refractivity contribution is 0.897. The topological polar surface area (TPSA) is 0 Å². The molecule has 0 nitrogen and oxygen atoms in total. The fraction of sp³-hybridized carbons (Fsp3) is 1.00. The molecule has 0 aromatic carbocycles. The van der Waals surface area contributed by atoms with E-state index in [0.717, 1.165) is 12.2 Å².